The van der Waals surface area contributed by atoms with E-state index in [0.29, 0.717) is 0 Å². The Kier molecular flexibility index (Phi) is 2.35. The van der Waals surface area contributed by atoms with Crippen molar-refractivity contribution in [1.29, 1.82) is 0 Å². The van der Waals surface area contributed by atoms with Crippen molar-refractivity contribution < 1.29 is 4.39 Å². The lowest BCUT2D eigenvalue weighted by Crippen LogP contribution is -2.20. The molecule has 0 aromatic heterocycles. The summed E-state index contributed by atoms with van der Waals surface area (Å²) in [5.74, 6) is -0.192. The van der Waals surface area contributed by atoms with Crippen LogP contribution in [0.5, 0.6) is 0 Å². The Hall–Kier alpha value is -1.57. The smallest absolute Gasteiger partial charge is 0.125 e. The molecule has 0 aliphatic carbocycles. The molecule has 1 aliphatic heterocycles. The summed E-state index contributed by atoms with van der Waals surface area (Å²) in [6.07, 6.45) is 6.00. The second-order valence-corrected chi connectivity index (χ2v) is 3.46. The quantitative estimate of drug-likeness (QED) is 0.656. The van der Waals surface area contributed by atoms with Gasteiger partial charge in [-0.15, -0.1) is 0 Å². The van der Waals surface area contributed by atoms with E-state index in [2.05, 4.69) is 13.0 Å². The van der Waals surface area contributed by atoms with Crippen LogP contribution in [0.1, 0.15) is 6.92 Å². The molecule has 0 spiro atoms. The van der Waals surface area contributed by atoms with Crippen LogP contribution in [-0.4, -0.2) is 6.54 Å². The fourth-order valence-corrected chi connectivity index (χ4v) is 1.52. The Morgan fingerprint density at radius 3 is 2.93 bits per heavy atom. The van der Waals surface area contributed by atoms with E-state index in [1.54, 1.807) is 12.1 Å². The number of hydrogen-bond donors (Lipinski definition) is 0. The van der Waals surface area contributed by atoms with E-state index in [4.69, 9.17) is 0 Å². The molecule has 0 saturated heterocycles. The number of nitrogens with zero attached hydrogens (tertiary/aromatic N) is 1. The summed E-state index contributed by atoms with van der Waals surface area (Å²) in [5, 5.41) is 0. The summed E-state index contributed by atoms with van der Waals surface area (Å²) in [5.41, 5.74) is 2.17. The molecule has 1 aliphatic rings. The predicted octanol–water partition coefficient (Wildman–Crippen LogP) is 3.11. The Morgan fingerprint density at radius 1 is 1.36 bits per heavy atom. The van der Waals surface area contributed by atoms with E-state index in [-0.39, 0.29) is 5.82 Å². The lowest BCUT2D eigenvalue weighted by Gasteiger charge is -2.23. The third-order valence-electron chi connectivity index (χ3n) is 2.21. The summed E-state index contributed by atoms with van der Waals surface area (Å²) in [7, 11) is 0. The van der Waals surface area contributed by atoms with Crippen molar-refractivity contribution in [1.82, 2.24) is 0 Å². The zero-order chi connectivity index (χ0) is 9.97. The standard InChI is InChI=1S/C12H12FN/c1-10-4-3-7-14(9-10)12-6-2-5-11(13)8-12/h2-8H,9H2,1H3. The summed E-state index contributed by atoms with van der Waals surface area (Å²) < 4.78 is 13.0. The highest BCUT2D eigenvalue weighted by atomic mass is 19.1. The minimum atomic E-state index is -0.192. The van der Waals surface area contributed by atoms with Crippen LogP contribution in [0, 0.1) is 5.82 Å². The van der Waals surface area contributed by atoms with E-state index in [9.17, 15) is 4.39 Å². The molecule has 72 valence electrons. The van der Waals surface area contributed by atoms with Crippen molar-refractivity contribution in [2.24, 2.45) is 0 Å². The monoisotopic (exact) mass is 189 g/mol. The lowest BCUT2D eigenvalue weighted by molar-refractivity contribution is 0.627. The van der Waals surface area contributed by atoms with Gasteiger partial charge in [0.1, 0.15) is 5.82 Å². The number of anilines is 1. The maximum absolute atomic E-state index is 13.0. The average molecular weight is 189 g/mol. The van der Waals surface area contributed by atoms with Crippen molar-refractivity contribution in [3.05, 3.63) is 54.0 Å². The second kappa shape index (κ2) is 3.66. The maximum Gasteiger partial charge on any atom is 0.125 e. The number of benzene rings is 1. The Morgan fingerprint density at radius 2 is 2.21 bits per heavy atom. The van der Waals surface area contributed by atoms with E-state index in [0.717, 1.165) is 12.2 Å². The minimum Gasteiger partial charge on any atom is -0.344 e. The van der Waals surface area contributed by atoms with Gasteiger partial charge in [0.2, 0.25) is 0 Å². The minimum absolute atomic E-state index is 0.192. The molecule has 0 bridgehead atoms. The van der Waals surface area contributed by atoms with Gasteiger partial charge in [0.15, 0.2) is 0 Å². The zero-order valence-corrected chi connectivity index (χ0v) is 8.07. The first-order valence-electron chi connectivity index (χ1n) is 4.62. The summed E-state index contributed by atoms with van der Waals surface area (Å²) in [6.45, 7) is 2.90. The average Bonchev–Trinajstić information content (AvgIpc) is 2.18. The topological polar surface area (TPSA) is 3.24 Å². The number of hydrogen-bond acceptors (Lipinski definition) is 1. The van der Waals surface area contributed by atoms with Crippen LogP contribution < -0.4 is 4.90 Å². The van der Waals surface area contributed by atoms with Crippen molar-refractivity contribution in [2.45, 2.75) is 6.92 Å². The van der Waals surface area contributed by atoms with Crippen LogP contribution in [0.2, 0.25) is 0 Å². The van der Waals surface area contributed by atoms with Crippen LogP contribution in [-0.2, 0) is 0 Å². The third-order valence-corrected chi connectivity index (χ3v) is 2.21. The van der Waals surface area contributed by atoms with Crippen LogP contribution in [0.25, 0.3) is 0 Å². The van der Waals surface area contributed by atoms with Gasteiger partial charge >= 0.3 is 0 Å². The molecule has 0 radical (unpaired) electrons. The summed E-state index contributed by atoms with van der Waals surface area (Å²) in [6, 6.07) is 6.64. The summed E-state index contributed by atoms with van der Waals surface area (Å²) >= 11 is 0. The van der Waals surface area contributed by atoms with Gasteiger partial charge in [0, 0.05) is 18.4 Å². The molecule has 1 aromatic carbocycles. The van der Waals surface area contributed by atoms with Gasteiger partial charge in [-0.1, -0.05) is 17.7 Å². The first-order valence-corrected chi connectivity index (χ1v) is 4.62. The first-order chi connectivity index (χ1) is 6.75. The van der Waals surface area contributed by atoms with Crippen molar-refractivity contribution in [3.8, 4) is 0 Å². The number of allylic oxidation sites excluding steroid dienone is 2. The Balaban J connectivity index is 2.25. The van der Waals surface area contributed by atoms with Gasteiger partial charge in [-0.2, -0.15) is 0 Å². The molecule has 1 aromatic rings. The van der Waals surface area contributed by atoms with Crippen molar-refractivity contribution in [2.75, 3.05) is 11.4 Å². The number of halogens is 1. The molecule has 1 nitrogen and oxygen atoms in total. The van der Waals surface area contributed by atoms with Crippen LogP contribution >= 0.6 is 0 Å². The SMILES string of the molecule is CC1=CC=CN(c2cccc(F)c2)C1. The second-order valence-electron chi connectivity index (χ2n) is 3.46. The Labute approximate surface area is 83.2 Å². The van der Waals surface area contributed by atoms with E-state index in [1.165, 1.54) is 11.6 Å². The van der Waals surface area contributed by atoms with Gasteiger partial charge < -0.3 is 4.90 Å². The van der Waals surface area contributed by atoms with Crippen molar-refractivity contribution >= 4 is 5.69 Å². The van der Waals surface area contributed by atoms with E-state index in [1.807, 2.05) is 23.2 Å². The third kappa shape index (κ3) is 1.84. The van der Waals surface area contributed by atoms with Crippen LogP contribution in [0.15, 0.2) is 48.2 Å². The van der Waals surface area contributed by atoms with Crippen LogP contribution in [0.3, 0.4) is 0 Å². The predicted molar refractivity (Wildman–Crippen MR) is 56.6 cm³/mol. The van der Waals surface area contributed by atoms with E-state index < -0.39 is 0 Å². The van der Waals surface area contributed by atoms with Gasteiger partial charge in [0.25, 0.3) is 0 Å². The highest BCUT2D eigenvalue weighted by Crippen LogP contribution is 2.19. The zero-order valence-electron chi connectivity index (χ0n) is 8.07. The lowest BCUT2D eigenvalue weighted by atomic mass is 10.2. The summed E-state index contributed by atoms with van der Waals surface area (Å²) in [4.78, 5) is 2.03. The molecule has 2 rings (SSSR count). The molecule has 2 heteroatoms. The number of rotatable bonds is 1. The normalized spacial score (nSPS) is 15.6. The van der Waals surface area contributed by atoms with Gasteiger partial charge in [-0.3, -0.25) is 0 Å². The van der Waals surface area contributed by atoms with E-state index >= 15 is 0 Å². The molecule has 14 heavy (non-hydrogen) atoms. The molecule has 0 amide bonds. The highest BCUT2D eigenvalue weighted by molar-refractivity contribution is 5.52. The fourth-order valence-electron chi connectivity index (χ4n) is 1.52. The maximum atomic E-state index is 13.0. The largest absolute Gasteiger partial charge is 0.344 e. The fraction of sp³-hybridized carbons (Fsp3) is 0.167. The molecule has 0 atom stereocenters. The molecular weight excluding hydrogens is 177 g/mol. The van der Waals surface area contributed by atoms with Gasteiger partial charge in [-0.05, 0) is 31.2 Å². The van der Waals surface area contributed by atoms with Gasteiger partial charge in [0.05, 0.1) is 0 Å². The van der Waals surface area contributed by atoms with Crippen LogP contribution in [0.4, 0.5) is 10.1 Å². The van der Waals surface area contributed by atoms with Crippen molar-refractivity contribution in [3.63, 3.8) is 0 Å². The molecule has 1 heterocycles. The molecule has 0 unspecified atom stereocenters. The Bertz CT molecular complexity index is 393. The highest BCUT2D eigenvalue weighted by Gasteiger charge is 2.06. The first kappa shape index (κ1) is 9.00. The molecule has 0 fully saturated rings. The molecule has 0 saturated carbocycles. The van der Waals surface area contributed by atoms with Gasteiger partial charge in [-0.25, -0.2) is 4.39 Å². The molecular formula is C12H12FN. The molecule has 0 N–H and O–H groups in total.